The van der Waals surface area contributed by atoms with E-state index in [2.05, 4.69) is 30.8 Å². The van der Waals surface area contributed by atoms with E-state index in [4.69, 9.17) is 9.16 Å². The number of hydrogen-bond donors (Lipinski definition) is 0. The maximum atomic E-state index is 12.6. The highest BCUT2D eigenvalue weighted by Crippen LogP contribution is 2.25. The van der Waals surface area contributed by atoms with E-state index in [0.29, 0.717) is 5.57 Å². The van der Waals surface area contributed by atoms with Gasteiger partial charge >= 0.3 is 0 Å². The minimum atomic E-state index is -2.53. The lowest BCUT2D eigenvalue weighted by Crippen LogP contribution is -2.59. The van der Waals surface area contributed by atoms with Gasteiger partial charge in [0, 0.05) is 5.57 Å². The molecule has 0 saturated carbocycles. The number of carbonyl (C=O) groups is 1. The summed E-state index contributed by atoms with van der Waals surface area (Å²) in [5.41, 5.74) is 1.60. The fraction of sp³-hybridized carbons (Fsp3) is 0.115. The largest absolute Gasteiger partial charge is 0.497 e. The van der Waals surface area contributed by atoms with Crippen LogP contribution in [0.15, 0.2) is 103 Å². The first-order chi connectivity index (χ1) is 14.6. The van der Waals surface area contributed by atoms with Crippen molar-refractivity contribution in [1.29, 1.82) is 0 Å². The highest BCUT2D eigenvalue weighted by molar-refractivity contribution is 6.96. The smallest absolute Gasteiger partial charge is 0.254 e. The van der Waals surface area contributed by atoms with E-state index < -0.39 is 8.32 Å². The Balaban J connectivity index is 1.70. The third-order valence-electron chi connectivity index (χ3n) is 5.46. The average Bonchev–Trinajstić information content (AvgIpc) is 3.14. The maximum absolute atomic E-state index is 12.6. The number of allylic oxidation sites excluding steroid dienone is 1. The van der Waals surface area contributed by atoms with Crippen molar-refractivity contribution in [2.75, 3.05) is 7.11 Å². The molecule has 0 aromatic heterocycles. The Morgan fingerprint density at radius 1 is 0.833 bits per heavy atom. The van der Waals surface area contributed by atoms with Gasteiger partial charge in [0.2, 0.25) is 0 Å². The van der Waals surface area contributed by atoms with Crippen LogP contribution in [0.2, 0.25) is 6.55 Å². The van der Waals surface area contributed by atoms with Gasteiger partial charge in [0.15, 0.2) is 5.78 Å². The molecule has 0 heterocycles. The van der Waals surface area contributed by atoms with Gasteiger partial charge in [-0.05, 0) is 52.8 Å². The number of methoxy groups -OCH3 is 1. The van der Waals surface area contributed by atoms with Crippen LogP contribution < -0.4 is 15.1 Å². The Morgan fingerprint density at radius 3 is 1.93 bits per heavy atom. The highest BCUT2D eigenvalue weighted by Gasteiger charge is 2.39. The Bertz CT molecular complexity index is 1030. The monoisotopic (exact) mass is 412 g/mol. The summed E-state index contributed by atoms with van der Waals surface area (Å²) in [4.78, 5) is 12.6. The first kappa shape index (κ1) is 20.1. The third-order valence-corrected chi connectivity index (χ3v) is 9.06. The van der Waals surface area contributed by atoms with Gasteiger partial charge in [0.1, 0.15) is 5.75 Å². The minimum Gasteiger partial charge on any atom is -0.497 e. The maximum Gasteiger partial charge on any atom is 0.254 e. The number of ether oxygens (including phenoxy) is 1. The highest BCUT2D eigenvalue weighted by atomic mass is 28.4. The van der Waals surface area contributed by atoms with Crippen molar-refractivity contribution in [3.05, 3.63) is 108 Å². The van der Waals surface area contributed by atoms with E-state index in [1.807, 2.05) is 72.8 Å². The Labute approximate surface area is 178 Å². The van der Waals surface area contributed by atoms with Crippen LogP contribution in [0.4, 0.5) is 0 Å². The summed E-state index contributed by atoms with van der Waals surface area (Å²) in [7, 11) is -0.895. The van der Waals surface area contributed by atoms with Crippen LogP contribution >= 0.6 is 0 Å². The molecule has 1 aliphatic carbocycles. The zero-order valence-corrected chi connectivity index (χ0v) is 18.1. The first-order valence-electron chi connectivity index (χ1n) is 9.97. The molecule has 1 unspecified atom stereocenters. The summed E-state index contributed by atoms with van der Waals surface area (Å²) in [5.74, 6) is 0.780. The van der Waals surface area contributed by atoms with Gasteiger partial charge in [-0.3, -0.25) is 4.79 Å². The second-order valence-electron chi connectivity index (χ2n) is 7.40. The van der Waals surface area contributed by atoms with Crippen LogP contribution in [0.25, 0.3) is 6.08 Å². The van der Waals surface area contributed by atoms with E-state index >= 15 is 0 Å². The molecule has 3 nitrogen and oxygen atoms in total. The summed E-state index contributed by atoms with van der Waals surface area (Å²) in [6, 6.07) is 28.3. The molecule has 0 bridgehead atoms. The Kier molecular flexibility index (Phi) is 5.79. The lowest BCUT2D eigenvalue weighted by atomic mass is 10.1. The fourth-order valence-corrected chi connectivity index (χ4v) is 6.70. The predicted octanol–water partition coefficient (Wildman–Crippen LogP) is 3.99. The van der Waals surface area contributed by atoms with Crippen molar-refractivity contribution >= 4 is 30.6 Å². The molecule has 4 heteroatoms. The zero-order chi connectivity index (χ0) is 21.0. The van der Waals surface area contributed by atoms with Crippen LogP contribution in [0.1, 0.15) is 5.56 Å². The number of rotatable bonds is 6. The van der Waals surface area contributed by atoms with Gasteiger partial charge in [0.05, 0.1) is 13.2 Å². The quantitative estimate of drug-likeness (QED) is 0.454. The van der Waals surface area contributed by atoms with Gasteiger partial charge in [-0.15, -0.1) is 0 Å². The molecule has 0 amide bonds. The van der Waals surface area contributed by atoms with Gasteiger partial charge in [-0.2, -0.15) is 0 Å². The van der Waals surface area contributed by atoms with Gasteiger partial charge in [-0.25, -0.2) is 0 Å². The summed E-state index contributed by atoms with van der Waals surface area (Å²) in [6.45, 7) is 2.19. The molecule has 4 rings (SSSR count). The molecule has 30 heavy (non-hydrogen) atoms. The standard InChI is InChI=1S/C26H24O3Si/c1-28-21-15-13-20(14-16-21)19-24-25(27)17-18-26(24)29-30(2,22-9-5-3-6-10-22)23-11-7-4-8-12-23/h3-19,26H,1-2H3. The topological polar surface area (TPSA) is 35.5 Å². The molecule has 3 aromatic rings. The van der Waals surface area contributed by atoms with Gasteiger partial charge in [0.25, 0.3) is 8.32 Å². The second kappa shape index (κ2) is 8.65. The molecule has 0 radical (unpaired) electrons. The zero-order valence-electron chi connectivity index (χ0n) is 17.1. The van der Waals surface area contributed by atoms with Crippen molar-refractivity contribution < 1.29 is 14.0 Å². The number of carbonyl (C=O) groups excluding carboxylic acids is 1. The van der Waals surface area contributed by atoms with E-state index in [0.717, 1.165) is 11.3 Å². The summed E-state index contributed by atoms with van der Waals surface area (Å²) >= 11 is 0. The summed E-state index contributed by atoms with van der Waals surface area (Å²) in [5, 5.41) is 2.35. The Morgan fingerprint density at radius 2 is 1.40 bits per heavy atom. The molecule has 0 spiro atoms. The van der Waals surface area contributed by atoms with E-state index in [1.54, 1.807) is 13.2 Å². The molecule has 0 fully saturated rings. The van der Waals surface area contributed by atoms with Crippen molar-refractivity contribution in [3.8, 4) is 5.75 Å². The normalized spacial score (nSPS) is 17.5. The van der Waals surface area contributed by atoms with Crippen LogP contribution in [0.3, 0.4) is 0 Å². The van der Waals surface area contributed by atoms with Crippen LogP contribution in [0.5, 0.6) is 5.75 Å². The SMILES string of the molecule is COc1ccc(C=C2C(=O)C=CC2O[Si](C)(c2ccccc2)c2ccccc2)cc1. The van der Waals surface area contributed by atoms with Crippen LogP contribution in [-0.2, 0) is 9.22 Å². The average molecular weight is 413 g/mol. The summed E-state index contributed by atoms with van der Waals surface area (Å²) < 4.78 is 12.0. The predicted molar refractivity (Wildman–Crippen MR) is 124 cm³/mol. The molecule has 1 aliphatic rings. The lowest BCUT2D eigenvalue weighted by molar-refractivity contribution is -0.111. The molecule has 1 atom stereocenters. The van der Waals surface area contributed by atoms with Crippen molar-refractivity contribution in [3.63, 3.8) is 0 Å². The molecule has 0 saturated heterocycles. The minimum absolute atomic E-state index is 0.00621. The molecule has 0 aliphatic heterocycles. The van der Waals surface area contributed by atoms with E-state index in [1.165, 1.54) is 10.4 Å². The van der Waals surface area contributed by atoms with Crippen LogP contribution in [0, 0.1) is 0 Å². The van der Waals surface area contributed by atoms with Crippen LogP contribution in [-0.4, -0.2) is 27.3 Å². The molecule has 3 aromatic carbocycles. The van der Waals surface area contributed by atoms with Crippen molar-refractivity contribution in [2.24, 2.45) is 0 Å². The number of hydrogen-bond acceptors (Lipinski definition) is 3. The number of ketones is 1. The summed E-state index contributed by atoms with van der Waals surface area (Å²) in [6.07, 6.45) is 5.02. The van der Waals surface area contributed by atoms with Crippen molar-refractivity contribution in [2.45, 2.75) is 12.7 Å². The molecule has 0 N–H and O–H groups in total. The molecular formula is C26H24O3Si. The van der Waals surface area contributed by atoms with Gasteiger partial charge in [-0.1, -0.05) is 72.8 Å². The fourth-order valence-electron chi connectivity index (χ4n) is 3.72. The first-order valence-corrected chi connectivity index (χ1v) is 12.4. The van der Waals surface area contributed by atoms with Gasteiger partial charge < -0.3 is 9.16 Å². The molecule has 150 valence electrons. The molecular weight excluding hydrogens is 388 g/mol. The number of benzene rings is 3. The van der Waals surface area contributed by atoms with E-state index in [9.17, 15) is 4.79 Å². The second-order valence-corrected chi connectivity index (χ2v) is 10.9. The van der Waals surface area contributed by atoms with Crippen molar-refractivity contribution in [1.82, 2.24) is 0 Å². The third kappa shape index (κ3) is 4.06. The van der Waals surface area contributed by atoms with E-state index in [-0.39, 0.29) is 11.9 Å². The Hall–Kier alpha value is -3.21. The lowest BCUT2D eigenvalue weighted by Gasteiger charge is -2.31.